The molecule has 2 aromatic rings. The molecule has 0 radical (unpaired) electrons. The largest absolute Gasteiger partial charge is 0.416 e. The van der Waals surface area contributed by atoms with Crippen molar-refractivity contribution in [3.8, 4) is 0 Å². The van der Waals surface area contributed by atoms with Gasteiger partial charge in [0.25, 0.3) is 5.22 Å². The predicted molar refractivity (Wildman–Crippen MR) is 76.2 cm³/mol. The van der Waals surface area contributed by atoms with Gasteiger partial charge in [0.2, 0.25) is 5.89 Å². The van der Waals surface area contributed by atoms with Crippen LogP contribution in [0.3, 0.4) is 0 Å². The van der Waals surface area contributed by atoms with Gasteiger partial charge in [0.1, 0.15) is 0 Å². The van der Waals surface area contributed by atoms with E-state index in [1.807, 2.05) is 31.5 Å². The second-order valence-corrected chi connectivity index (χ2v) is 6.16. The molecule has 0 spiro atoms. The van der Waals surface area contributed by atoms with Gasteiger partial charge in [0, 0.05) is 29.9 Å². The third-order valence-corrected chi connectivity index (χ3v) is 4.57. The van der Waals surface area contributed by atoms with E-state index in [0.717, 1.165) is 29.8 Å². The summed E-state index contributed by atoms with van der Waals surface area (Å²) in [6, 6.07) is 1.93. The van der Waals surface area contributed by atoms with Crippen molar-refractivity contribution in [3.05, 3.63) is 28.9 Å². The Kier molecular flexibility index (Phi) is 3.41. The summed E-state index contributed by atoms with van der Waals surface area (Å²) in [7, 11) is 1.97. The standard InChI is InChI=1S/C14H17N3O2S/c1-8-6-11(9(2)17(8)3)12(18)7-20-14-16-15-13(19-14)10-4-5-10/h6,10H,4-5,7H2,1-3H3. The molecule has 0 atom stereocenters. The fraction of sp³-hybridized carbons (Fsp3) is 0.500. The number of carbonyl (C=O) groups is 1. The molecule has 0 amide bonds. The SMILES string of the molecule is Cc1cc(C(=O)CSc2nnc(C3CC3)o2)c(C)n1C. The number of carbonyl (C=O) groups excluding carboxylic acids is 1. The third-order valence-electron chi connectivity index (χ3n) is 3.75. The van der Waals surface area contributed by atoms with Crippen LogP contribution in [0.15, 0.2) is 15.7 Å². The van der Waals surface area contributed by atoms with Crippen molar-refractivity contribution in [2.75, 3.05) is 5.75 Å². The lowest BCUT2D eigenvalue weighted by atomic mass is 10.2. The fourth-order valence-electron chi connectivity index (χ4n) is 2.12. The van der Waals surface area contributed by atoms with Crippen LogP contribution in [-0.4, -0.2) is 26.3 Å². The highest BCUT2D eigenvalue weighted by atomic mass is 32.2. The molecule has 0 unspecified atom stereocenters. The summed E-state index contributed by atoms with van der Waals surface area (Å²) in [6.07, 6.45) is 2.27. The van der Waals surface area contributed by atoms with Gasteiger partial charge in [0.05, 0.1) is 5.75 Å². The molecule has 6 heteroatoms. The molecule has 0 aromatic carbocycles. The van der Waals surface area contributed by atoms with E-state index in [4.69, 9.17) is 4.42 Å². The first-order valence-electron chi connectivity index (χ1n) is 6.68. The monoisotopic (exact) mass is 291 g/mol. The number of nitrogens with zero attached hydrogens (tertiary/aromatic N) is 3. The number of aryl methyl sites for hydroxylation is 1. The molecule has 1 saturated carbocycles. The zero-order valence-electron chi connectivity index (χ0n) is 11.8. The maximum absolute atomic E-state index is 12.2. The molecule has 0 aliphatic heterocycles. The lowest BCUT2D eigenvalue weighted by Crippen LogP contribution is -2.04. The van der Waals surface area contributed by atoms with E-state index in [-0.39, 0.29) is 5.78 Å². The number of rotatable bonds is 5. The zero-order chi connectivity index (χ0) is 14.3. The number of hydrogen-bond donors (Lipinski definition) is 0. The zero-order valence-corrected chi connectivity index (χ0v) is 12.7. The van der Waals surface area contributed by atoms with E-state index in [1.54, 1.807) is 0 Å². The van der Waals surface area contributed by atoms with E-state index in [2.05, 4.69) is 10.2 Å². The van der Waals surface area contributed by atoms with E-state index in [1.165, 1.54) is 11.8 Å². The molecule has 1 fully saturated rings. The van der Waals surface area contributed by atoms with Crippen LogP contribution < -0.4 is 0 Å². The molecule has 106 valence electrons. The molecule has 0 saturated heterocycles. The number of ketones is 1. The summed E-state index contributed by atoms with van der Waals surface area (Å²) in [5, 5.41) is 8.48. The molecule has 2 heterocycles. The van der Waals surface area contributed by atoms with Gasteiger partial charge < -0.3 is 8.98 Å². The van der Waals surface area contributed by atoms with Gasteiger partial charge in [-0.2, -0.15) is 0 Å². The van der Waals surface area contributed by atoms with E-state index < -0.39 is 0 Å². The van der Waals surface area contributed by atoms with Crippen molar-refractivity contribution in [3.63, 3.8) is 0 Å². The van der Waals surface area contributed by atoms with Crippen LogP contribution in [0.2, 0.25) is 0 Å². The topological polar surface area (TPSA) is 60.9 Å². The molecule has 0 N–H and O–H groups in total. The summed E-state index contributed by atoms with van der Waals surface area (Å²) >= 11 is 1.31. The van der Waals surface area contributed by atoms with Gasteiger partial charge in [-0.05, 0) is 32.8 Å². The van der Waals surface area contributed by atoms with Crippen molar-refractivity contribution in [1.82, 2.24) is 14.8 Å². The van der Waals surface area contributed by atoms with Gasteiger partial charge in [-0.3, -0.25) is 4.79 Å². The number of Topliss-reactive ketones (excluding diaryl/α,β-unsaturated/α-hetero) is 1. The van der Waals surface area contributed by atoms with Gasteiger partial charge in [-0.25, -0.2) is 0 Å². The van der Waals surface area contributed by atoms with Crippen molar-refractivity contribution in [2.24, 2.45) is 7.05 Å². The molecular weight excluding hydrogens is 274 g/mol. The van der Waals surface area contributed by atoms with Crippen molar-refractivity contribution in [1.29, 1.82) is 0 Å². The maximum Gasteiger partial charge on any atom is 0.277 e. The minimum Gasteiger partial charge on any atom is -0.416 e. The van der Waals surface area contributed by atoms with E-state index in [0.29, 0.717) is 22.8 Å². The minimum absolute atomic E-state index is 0.0994. The average Bonchev–Trinajstić information content (AvgIpc) is 3.13. The molecule has 20 heavy (non-hydrogen) atoms. The van der Waals surface area contributed by atoms with Crippen LogP contribution in [0, 0.1) is 13.8 Å². The van der Waals surface area contributed by atoms with Crippen molar-refractivity contribution < 1.29 is 9.21 Å². The third kappa shape index (κ3) is 2.52. The molecule has 1 aliphatic rings. The van der Waals surface area contributed by atoms with Crippen molar-refractivity contribution in [2.45, 2.75) is 37.8 Å². The van der Waals surface area contributed by atoms with Crippen molar-refractivity contribution >= 4 is 17.5 Å². The highest BCUT2D eigenvalue weighted by molar-refractivity contribution is 7.99. The van der Waals surface area contributed by atoms with Crippen LogP contribution in [-0.2, 0) is 7.05 Å². The number of aromatic nitrogens is 3. The van der Waals surface area contributed by atoms with Crippen LogP contribution in [0.1, 0.15) is 46.4 Å². The van der Waals surface area contributed by atoms with Crippen LogP contribution >= 0.6 is 11.8 Å². The predicted octanol–water partition coefficient (Wildman–Crippen LogP) is 2.88. The Hall–Kier alpha value is -1.56. The number of thioether (sulfide) groups is 1. The first kappa shape index (κ1) is 13.4. The highest BCUT2D eigenvalue weighted by Gasteiger charge is 2.29. The molecule has 2 aromatic heterocycles. The second kappa shape index (κ2) is 5.09. The quantitative estimate of drug-likeness (QED) is 0.626. The first-order chi connectivity index (χ1) is 9.56. The lowest BCUT2D eigenvalue weighted by molar-refractivity contribution is 0.102. The van der Waals surface area contributed by atoms with Gasteiger partial charge in [0.15, 0.2) is 5.78 Å². The normalized spacial score (nSPS) is 14.8. The fourth-order valence-corrected chi connectivity index (χ4v) is 2.77. The Labute approximate surface area is 121 Å². The Balaban J connectivity index is 1.64. The van der Waals surface area contributed by atoms with E-state index in [9.17, 15) is 4.79 Å². The Bertz CT molecular complexity index is 655. The summed E-state index contributed by atoms with van der Waals surface area (Å²) < 4.78 is 7.56. The minimum atomic E-state index is 0.0994. The van der Waals surface area contributed by atoms with E-state index >= 15 is 0 Å². The lowest BCUT2D eigenvalue weighted by Gasteiger charge is -2.01. The Morgan fingerprint density at radius 1 is 1.45 bits per heavy atom. The first-order valence-corrected chi connectivity index (χ1v) is 7.67. The molecule has 0 bridgehead atoms. The molecule has 5 nitrogen and oxygen atoms in total. The summed E-state index contributed by atoms with van der Waals surface area (Å²) in [4.78, 5) is 12.2. The molecule has 3 rings (SSSR count). The Morgan fingerprint density at radius 2 is 2.20 bits per heavy atom. The van der Waals surface area contributed by atoms with Gasteiger partial charge in [-0.15, -0.1) is 10.2 Å². The molecule has 1 aliphatic carbocycles. The van der Waals surface area contributed by atoms with Crippen LogP contribution in [0.5, 0.6) is 0 Å². The highest BCUT2D eigenvalue weighted by Crippen LogP contribution is 2.39. The molecular formula is C14H17N3O2S. The number of hydrogen-bond acceptors (Lipinski definition) is 5. The van der Waals surface area contributed by atoms with Crippen LogP contribution in [0.4, 0.5) is 0 Å². The van der Waals surface area contributed by atoms with Gasteiger partial charge in [-0.1, -0.05) is 11.8 Å². The Morgan fingerprint density at radius 3 is 2.80 bits per heavy atom. The smallest absolute Gasteiger partial charge is 0.277 e. The van der Waals surface area contributed by atoms with Crippen LogP contribution in [0.25, 0.3) is 0 Å². The van der Waals surface area contributed by atoms with Gasteiger partial charge >= 0.3 is 0 Å². The summed E-state index contributed by atoms with van der Waals surface area (Å²) in [5.41, 5.74) is 2.86. The summed E-state index contributed by atoms with van der Waals surface area (Å²) in [5.74, 6) is 1.59. The second-order valence-electron chi connectivity index (χ2n) is 5.24. The summed E-state index contributed by atoms with van der Waals surface area (Å²) in [6.45, 7) is 3.96. The maximum atomic E-state index is 12.2. The average molecular weight is 291 g/mol.